The summed E-state index contributed by atoms with van der Waals surface area (Å²) < 4.78 is 49.4. The van der Waals surface area contributed by atoms with Crippen molar-refractivity contribution in [3.8, 4) is 22.8 Å². The van der Waals surface area contributed by atoms with Gasteiger partial charge in [-0.05, 0) is 70.0 Å². The van der Waals surface area contributed by atoms with Crippen LogP contribution in [0.25, 0.3) is 22.2 Å². The van der Waals surface area contributed by atoms with E-state index >= 15 is 0 Å². The van der Waals surface area contributed by atoms with Crippen LogP contribution in [0.1, 0.15) is 16.3 Å². The molecular weight excluding hydrogens is 707 g/mol. The minimum Gasteiger partial charge on any atom is -0.496 e. The summed E-state index contributed by atoms with van der Waals surface area (Å²) in [4.78, 5) is 18.1. The molecule has 0 saturated heterocycles. The van der Waals surface area contributed by atoms with Gasteiger partial charge in [0.1, 0.15) is 45.9 Å². The number of thiazole rings is 1. The maximum absolute atomic E-state index is 13.5. The molecule has 0 spiro atoms. The fourth-order valence-corrected chi connectivity index (χ4v) is 6.50. The molecule has 10 nitrogen and oxygen atoms in total. The van der Waals surface area contributed by atoms with Crippen molar-refractivity contribution in [3.05, 3.63) is 117 Å². The Balaban J connectivity index is 1.19. The van der Waals surface area contributed by atoms with Crippen LogP contribution in [0.4, 0.5) is 15.9 Å². The topological polar surface area (TPSA) is 128 Å². The number of ether oxygens (including phenoxy) is 2. The van der Waals surface area contributed by atoms with Crippen molar-refractivity contribution < 1.29 is 22.3 Å². The number of nitrogens with one attached hydrogen (secondary N) is 2. The summed E-state index contributed by atoms with van der Waals surface area (Å²) in [7, 11) is -0.823. The van der Waals surface area contributed by atoms with Crippen LogP contribution in [0.5, 0.6) is 11.5 Å². The second-order valence-corrected chi connectivity index (χ2v) is 12.8. The summed E-state index contributed by atoms with van der Waals surface area (Å²) in [5, 5.41) is 9.97. The zero-order valence-electron chi connectivity index (χ0n) is 24.8. The van der Waals surface area contributed by atoms with E-state index in [2.05, 4.69) is 41.5 Å². The van der Waals surface area contributed by atoms with Gasteiger partial charge in [0.2, 0.25) is 10.3 Å². The highest BCUT2D eigenvalue weighted by atomic mass is 79.9. The first-order valence-corrected chi connectivity index (χ1v) is 16.9. The van der Waals surface area contributed by atoms with Gasteiger partial charge in [-0.2, -0.15) is 8.42 Å². The molecule has 0 atom stereocenters. The third kappa shape index (κ3) is 7.80. The number of methoxy groups -OCH3 is 1. The van der Waals surface area contributed by atoms with E-state index in [0.29, 0.717) is 40.8 Å². The van der Waals surface area contributed by atoms with Crippen molar-refractivity contribution >= 4 is 64.8 Å². The van der Waals surface area contributed by atoms with Crippen LogP contribution < -0.4 is 20.1 Å². The predicted molar refractivity (Wildman–Crippen MR) is 184 cm³/mol. The lowest BCUT2D eigenvalue weighted by Crippen LogP contribution is -2.24. The monoisotopic (exact) mass is 732 g/mol. The summed E-state index contributed by atoms with van der Waals surface area (Å²) >= 11 is 5.02. The van der Waals surface area contributed by atoms with Gasteiger partial charge in [-0.1, -0.05) is 18.2 Å². The molecule has 0 fully saturated rings. The number of hydrogen-bond acceptors (Lipinski definition) is 11. The maximum Gasteiger partial charge on any atom is 0.220 e. The molecule has 2 N–H and O–H groups in total. The molecule has 0 unspecified atom stereocenters. The Morgan fingerprint density at radius 1 is 1.00 bits per heavy atom. The van der Waals surface area contributed by atoms with Gasteiger partial charge >= 0.3 is 0 Å². The van der Waals surface area contributed by atoms with Crippen LogP contribution in [-0.2, 0) is 23.4 Å². The number of aromatic nitrogens is 4. The van der Waals surface area contributed by atoms with Crippen molar-refractivity contribution in [2.24, 2.45) is 0 Å². The van der Waals surface area contributed by atoms with Crippen molar-refractivity contribution in [3.63, 3.8) is 0 Å². The molecule has 238 valence electrons. The van der Waals surface area contributed by atoms with Gasteiger partial charge in [0.25, 0.3) is 0 Å². The van der Waals surface area contributed by atoms with Gasteiger partial charge in [0, 0.05) is 47.4 Å². The van der Waals surface area contributed by atoms with E-state index in [0.717, 1.165) is 31.7 Å². The number of benzene rings is 3. The number of rotatable bonds is 12. The van der Waals surface area contributed by atoms with E-state index in [1.165, 1.54) is 29.8 Å². The lowest BCUT2D eigenvalue weighted by molar-refractivity contribution is 0.303. The summed E-state index contributed by atoms with van der Waals surface area (Å²) in [6, 6.07) is 20.8. The highest BCUT2D eigenvalue weighted by Gasteiger charge is 2.16. The van der Waals surface area contributed by atoms with Crippen LogP contribution in [0.2, 0.25) is 0 Å². The van der Waals surface area contributed by atoms with Crippen molar-refractivity contribution in [1.82, 2.24) is 25.3 Å². The lowest BCUT2D eigenvalue weighted by atomic mass is 10.1. The molecule has 0 saturated carbocycles. The first kappa shape index (κ1) is 32.2. The third-order valence-electron chi connectivity index (χ3n) is 6.98. The first-order valence-electron chi connectivity index (χ1n) is 14.2. The molecular formula is C33H26BrFN6O4S2. The predicted octanol–water partition coefficient (Wildman–Crippen LogP) is 6.57. The standard InChI is InChI=1S/C33H26BrFN6O4S2/c1-44-30-14-27-24(13-23(30)28-18-46-32(41-28)16-36-15-31(47(42)43)26-7-2-3-10-37-26)33(39-19-38-27)40-22-8-9-29(25(34)12-22)45-17-20-5-4-6-21(35)11-20/h2-14,18-19,36H,15-17H2,1H3,(H,38,39,40). The van der Waals surface area contributed by atoms with Crippen molar-refractivity contribution in [1.29, 1.82) is 0 Å². The van der Waals surface area contributed by atoms with E-state index in [4.69, 9.17) is 14.5 Å². The minimum absolute atomic E-state index is 0.115. The summed E-state index contributed by atoms with van der Waals surface area (Å²) in [5.41, 5.74) is 4.02. The van der Waals surface area contributed by atoms with Gasteiger partial charge in [-0.25, -0.2) is 19.3 Å². The zero-order chi connectivity index (χ0) is 32.8. The Morgan fingerprint density at radius 2 is 1.89 bits per heavy atom. The van der Waals surface area contributed by atoms with Crippen LogP contribution in [0.3, 0.4) is 0 Å². The lowest BCUT2D eigenvalue weighted by Gasteiger charge is -2.13. The quantitative estimate of drug-likeness (QED) is 0.105. The Bertz CT molecular complexity index is 2190. The third-order valence-corrected chi connectivity index (χ3v) is 9.20. The summed E-state index contributed by atoms with van der Waals surface area (Å²) in [6.45, 7) is 0.704. The van der Waals surface area contributed by atoms with E-state index in [1.54, 1.807) is 43.6 Å². The minimum atomic E-state index is -2.41. The second kappa shape index (κ2) is 14.8. The average molecular weight is 734 g/mol. The van der Waals surface area contributed by atoms with Crippen LogP contribution in [0.15, 0.2) is 95.2 Å². The number of hydrogen-bond donors (Lipinski definition) is 2. The zero-order valence-corrected chi connectivity index (χ0v) is 28.0. The molecule has 0 aliphatic heterocycles. The van der Waals surface area contributed by atoms with Crippen LogP contribution in [-0.4, -0.2) is 46.9 Å². The molecule has 3 heterocycles. The van der Waals surface area contributed by atoms with E-state index in [-0.39, 0.29) is 23.8 Å². The van der Waals surface area contributed by atoms with Gasteiger partial charge in [0.15, 0.2) is 0 Å². The second-order valence-electron chi connectivity index (χ2n) is 10.1. The van der Waals surface area contributed by atoms with E-state index < -0.39 is 10.3 Å². The van der Waals surface area contributed by atoms with E-state index in [9.17, 15) is 12.8 Å². The molecule has 47 heavy (non-hydrogen) atoms. The van der Waals surface area contributed by atoms with Gasteiger partial charge < -0.3 is 20.1 Å². The molecule has 0 aliphatic carbocycles. The number of halogens is 2. The molecule has 0 aliphatic rings. The smallest absolute Gasteiger partial charge is 0.220 e. The van der Waals surface area contributed by atoms with Crippen LogP contribution >= 0.6 is 27.3 Å². The normalized spacial score (nSPS) is 11.0. The largest absolute Gasteiger partial charge is 0.496 e. The van der Waals surface area contributed by atoms with Gasteiger partial charge in [-0.3, -0.25) is 4.98 Å². The number of pyridine rings is 1. The molecule has 6 aromatic rings. The molecule has 0 amide bonds. The van der Waals surface area contributed by atoms with E-state index in [1.807, 2.05) is 35.7 Å². The van der Waals surface area contributed by atoms with Gasteiger partial charge in [-0.15, -0.1) is 11.3 Å². The number of anilines is 2. The average Bonchev–Trinajstić information content (AvgIpc) is 3.55. The summed E-state index contributed by atoms with van der Waals surface area (Å²) in [6.07, 6.45) is 3.04. The maximum atomic E-state index is 13.5. The van der Waals surface area contributed by atoms with Crippen molar-refractivity contribution in [2.75, 3.05) is 19.0 Å². The Hall–Kier alpha value is -4.76. The molecule has 0 bridgehead atoms. The Morgan fingerprint density at radius 3 is 2.66 bits per heavy atom. The molecule has 3 aromatic carbocycles. The summed E-state index contributed by atoms with van der Waals surface area (Å²) in [5.74, 6) is 1.48. The highest BCUT2D eigenvalue weighted by molar-refractivity contribution is 9.10. The first-order chi connectivity index (χ1) is 22.9. The fraction of sp³-hybridized carbons (Fsp3) is 0.121. The number of fused-ring (bicyclic) bond motifs is 1. The molecule has 0 radical (unpaired) electrons. The molecule has 6 rings (SSSR count). The Labute approximate surface area is 283 Å². The van der Waals surface area contributed by atoms with Crippen LogP contribution in [0, 0.1) is 5.82 Å². The highest BCUT2D eigenvalue weighted by Crippen LogP contribution is 2.37. The molecule has 3 aromatic heterocycles. The SMILES string of the molecule is COc1cc2ncnc(Nc3ccc(OCc4cccc(F)c4)c(Br)c3)c2cc1-c1csc(CNCC(c2ccccn2)=S(=O)=O)n1. The fourth-order valence-electron chi connectivity index (χ4n) is 4.73. The Kier molecular flexibility index (Phi) is 10.1. The van der Waals surface area contributed by atoms with Crippen molar-refractivity contribution in [2.45, 2.75) is 13.2 Å². The number of nitrogens with zero attached hydrogens (tertiary/aromatic N) is 4. The molecule has 14 heteroatoms. The van der Waals surface area contributed by atoms with Gasteiger partial charge in [0.05, 0.1) is 28.5 Å².